The standard InChI is InChI=1S/C12H21N9/c13-10(14)19-4-7-1-8(5-20-11(15)16)3-9(2-7)6-21-12(17)18/h1-3H,4-6H2,(H4,13,14,19)(H4,15,16,20)(H4,17,18,21). The van der Waals surface area contributed by atoms with Crippen LogP contribution in [0.25, 0.3) is 0 Å². The number of nitrogens with one attached hydrogen (secondary N) is 6. The number of hydrogen-bond donors (Lipinski definition) is 9. The summed E-state index contributed by atoms with van der Waals surface area (Å²) < 4.78 is 0. The zero-order valence-corrected chi connectivity index (χ0v) is 11.6. The zero-order chi connectivity index (χ0) is 15.8. The van der Waals surface area contributed by atoms with Crippen LogP contribution in [-0.2, 0) is 19.6 Å². The van der Waals surface area contributed by atoms with Crippen LogP contribution >= 0.6 is 0 Å². The van der Waals surface area contributed by atoms with Crippen molar-refractivity contribution in [3.63, 3.8) is 0 Å². The first-order valence-corrected chi connectivity index (χ1v) is 6.22. The third-order valence-corrected chi connectivity index (χ3v) is 2.56. The monoisotopic (exact) mass is 291 g/mol. The molecule has 0 amide bonds. The summed E-state index contributed by atoms with van der Waals surface area (Å²) >= 11 is 0. The van der Waals surface area contributed by atoms with Crippen molar-refractivity contribution in [1.29, 1.82) is 16.2 Å². The molecule has 0 spiro atoms. The summed E-state index contributed by atoms with van der Waals surface area (Å²) in [4.78, 5) is 0. The van der Waals surface area contributed by atoms with Crippen LogP contribution in [0.2, 0.25) is 0 Å². The third-order valence-electron chi connectivity index (χ3n) is 2.56. The SMILES string of the molecule is N=C(N)NCc1cc(CNC(=N)N)cc(CNC(=N)N)c1. The van der Waals surface area contributed by atoms with Crippen LogP contribution in [0, 0.1) is 16.2 Å². The van der Waals surface area contributed by atoms with Crippen LogP contribution in [0.1, 0.15) is 16.7 Å². The minimum atomic E-state index is -0.106. The highest BCUT2D eigenvalue weighted by molar-refractivity contribution is 5.75. The molecular formula is C12H21N9. The van der Waals surface area contributed by atoms with Gasteiger partial charge in [-0.2, -0.15) is 0 Å². The molecule has 0 aromatic heterocycles. The number of rotatable bonds is 6. The average Bonchev–Trinajstić information content (AvgIpc) is 2.40. The molecule has 0 aliphatic heterocycles. The Morgan fingerprint density at radius 2 is 0.905 bits per heavy atom. The lowest BCUT2D eigenvalue weighted by molar-refractivity contribution is 0.847. The molecule has 0 aliphatic carbocycles. The number of hydrogen-bond acceptors (Lipinski definition) is 3. The molecule has 0 radical (unpaired) electrons. The van der Waals surface area contributed by atoms with E-state index in [1.807, 2.05) is 18.2 Å². The summed E-state index contributed by atoms with van der Waals surface area (Å²) in [5.74, 6) is -0.318. The van der Waals surface area contributed by atoms with E-state index in [1.54, 1.807) is 0 Å². The van der Waals surface area contributed by atoms with Gasteiger partial charge in [0.05, 0.1) is 0 Å². The Morgan fingerprint density at radius 1 is 0.667 bits per heavy atom. The molecule has 0 heterocycles. The highest BCUT2D eigenvalue weighted by atomic mass is 15.0. The summed E-state index contributed by atoms with van der Waals surface area (Å²) in [7, 11) is 0. The quantitative estimate of drug-likeness (QED) is 0.230. The summed E-state index contributed by atoms with van der Waals surface area (Å²) in [6.45, 7) is 1.24. The van der Waals surface area contributed by atoms with E-state index in [2.05, 4.69) is 16.0 Å². The molecule has 114 valence electrons. The molecule has 12 N–H and O–H groups in total. The molecule has 1 aromatic carbocycles. The lowest BCUT2D eigenvalue weighted by atomic mass is 10.1. The number of nitrogens with two attached hydrogens (primary N) is 3. The van der Waals surface area contributed by atoms with E-state index in [4.69, 9.17) is 33.4 Å². The average molecular weight is 291 g/mol. The minimum absolute atomic E-state index is 0.106. The van der Waals surface area contributed by atoms with Crippen LogP contribution in [0.3, 0.4) is 0 Å². The second-order valence-corrected chi connectivity index (χ2v) is 4.46. The van der Waals surface area contributed by atoms with Crippen molar-refractivity contribution in [2.75, 3.05) is 0 Å². The van der Waals surface area contributed by atoms with Gasteiger partial charge in [0.2, 0.25) is 0 Å². The third kappa shape index (κ3) is 6.66. The fraction of sp³-hybridized carbons (Fsp3) is 0.250. The Kier molecular flexibility index (Phi) is 5.80. The van der Waals surface area contributed by atoms with E-state index in [1.165, 1.54) is 0 Å². The zero-order valence-electron chi connectivity index (χ0n) is 11.6. The summed E-state index contributed by atoms with van der Waals surface area (Å²) in [6.07, 6.45) is 0. The summed E-state index contributed by atoms with van der Waals surface area (Å²) in [6, 6.07) is 5.76. The van der Waals surface area contributed by atoms with Crippen molar-refractivity contribution in [3.8, 4) is 0 Å². The molecule has 0 unspecified atom stereocenters. The van der Waals surface area contributed by atoms with Gasteiger partial charge in [0, 0.05) is 19.6 Å². The topological polar surface area (TPSA) is 186 Å². The van der Waals surface area contributed by atoms with Gasteiger partial charge in [-0.25, -0.2) is 0 Å². The van der Waals surface area contributed by atoms with E-state index in [0.717, 1.165) is 16.7 Å². The van der Waals surface area contributed by atoms with Crippen molar-refractivity contribution < 1.29 is 0 Å². The number of benzene rings is 1. The normalized spacial score (nSPS) is 9.71. The molecule has 0 saturated carbocycles. The van der Waals surface area contributed by atoms with Crippen molar-refractivity contribution in [1.82, 2.24) is 16.0 Å². The Labute approximate surface area is 122 Å². The van der Waals surface area contributed by atoms with Crippen molar-refractivity contribution in [2.24, 2.45) is 17.2 Å². The lowest BCUT2D eigenvalue weighted by Crippen LogP contribution is -2.31. The van der Waals surface area contributed by atoms with Crippen LogP contribution < -0.4 is 33.2 Å². The molecule has 0 saturated heterocycles. The molecule has 9 nitrogen and oxygen atoms in total. The molecule has 21 heavy (non-hydrogen) atoms. The van der Waals surface area contributed by atoms with Crippen molar-refractivity contribution >= 4 is 17.9 Å². The fourth-order valence-electron chi connectivity index (χ4n) is 1.74. The highest BCUT2D eigenvalue weighted by Crippen LogP contribution is 2.11. The smallest absolute Gasteiger partial charge is 0.185 e. The Bertz CT molecular complexity index is 449. The highest BCUT2D eigenvalue weighted by Gasteiger charge is 2.03. The molecular weight excluding hydrogens is 270 g/mol. The van der Waals surface area contributed by atoms with Gasteiger partial charge in [-0.05, 0) is 16.7 Å². The van der Waals surface area contributed by atoms with Crippen LogP contribution in [0.5, 0.6) is 0 Å². The van der Waals surface area contributed by atoms with E-state index < -0.39 is 0 Å². The molecule has 0 aliphatic rings. The van der Waals surface area contributed by atoms with Crippen molar-refractivity contribution in [2.45, 2.75) is 19.6 Å². The lowest BCUT2D eigenvalue weighted by Gasteiger charge is -2.12. The predicted octanol–water partition coefficient (Wildman–Crippen LogP) is -1.36. The predicted molar refractivity (Wildman–Crippen MR) is 82.7 cm³/mol. The van der Waals surface area contributed by atoms with Crippen LogP contribution in [0.15, 0.2) is 18.2 Å². The second kappa shape index (κ2) is 7.58. The largest absolute Gasteiger partial charge is 0.370 e. The number of guanidine groups is 3. The first-order valence-electron chi connectivity index (χ1n) is 6.22. The maximum Gasteiger partial charge on any atom is 0.185 e. The minimum Gasteiger partial charge on any atom is -0.370 e. The van der Waals surface area contributed by atoms with E-state index in [9.17, 15) is 0 Å². The molecule has 1 rings (SSSR count). The van der Waals surface area contributed by atoms with Gasteiger partial charge in [-0.15, -0.1) is 0 Å². The van der Waals surface area contributed by atoms with Crippen LogP contribution in [0.4, 0.5) is 0 Å². The van der Waals surface area contributed by atoms with E-state index >= 15 is 0 Å². The summed E-state index contributed by atoms with van der Waals surface area (Å²) in [5, 5.41) is 29.7. The first-order chi connectivity index (χ1) is 9.86. The van der Waals surface area contributed by atoms with Gasteiger partial charge in [0.25, 0.3) is 0 Å². The molecule has 9 heteroatoms. The van der Waals surface area contributed by atoms with Gasteiger partial charge in [-0.3, -0.25) is 16.2 Å². The Morgan fingerprint density at radius 3 is 1.10 bits per heavy atom. The summed E-state index contributed by atoms with van der Waals surface area (Å²) in [5.41, 5.74) is 18.6. The van der Waals surface area contributed by atoms with Gasteiger partial charge >= 0.3 is 0 Å². The van der Waals surface area contributed by atoms with E-state index in [0.29, 0.717) is 19.6 Å². The maximum absolute atomic E-state index is 7.18. The molecule has 0 fully saturated rings. The Hall–Kier alpha value is -2.97. The van der Waals surface area contributed by atoms with Gasteiger partial charge in [0.15, 0.2) is 17.9 Å². The first kappa shape index (κ1) is 16.1. The van der Waals surface area contributed by atoms with Gasteiger partial charge in [0.1, 0.15) is 0 Å². The molecule has 0 bridgehead atoms. The fourth-order valence-corrected chi connectivity index (χ4v) is 1.74. The van der Waals surface area contributed by atoms with Gasteiger partial charge in [-0.1, -0.05) is 18.2 Å². The van der Waals surface area contributed by atoms with Crippen molar-refractivity contribution in [3.05, 3.63) is 34.9 Å². The van der Waals surface area contributed by atoms with Gasteiger partial charge < -0.3 is 33.2 Å². The molecule has 0 atom stereocenters. The maximum atomic E-state index is 7.18. The Balaban J connectivity index is 2.86. The second-order valence-electron chi connectivity index (χ2n) is 4.46. The van der Waals surface area contributed by atoms with Crippen LogP contribution in [-0.4, -0.2) is 17.9 Å². The molecule has 1 aromatic rings. The van der Waals surface area contributed by atoms with E-state index in [-0.39, 0.29) is 17.9 Å².